The Balaban J connectivity index is 0.830. The summed E-state index contributed by atoms with van der Waals surface area (Å²) in [5.74, 6) is 1.46. The number of piperidine rings is 1. The molecule has 4 N–H and O–H groups in total. The summed E-state index contributed by atoms with van der Waals surface area (Å²) in [6, 6.07) is 29.0. The number of hydrogen-bond donors (Lipinski definition) is 4. The third-order valence-corrected chi connectivity index (χ3v) is 15.1. The SMILES string of the molecule is COC(=O)N[C@H](C(=O)N1CCC[C@H]1c1nc2c(C)cc3cc(-c4ccc5cc(-c6cnc([C@@H]7[C@H]8CC[C@H](C8)N7C(=O)[C@H](NC(=O)OC)c7ccccc7)[nH]6)ccc5c4)ccc3c2[nH]1)C1CCOCC1. The van der Waals surface area contributed by atoms with Gasteiger partial charge in [0.2, 0.25) is 5.91 Å². The molecule has 2 aromatic heterocycles. The van der Waals surface area contributed by atoms with Crippen molar-refractivity contribution in [1.29, 1.82) is 0 Å². The van der Waals surface area contributed by atoms with Gasteiger partial charge < -0.3 is 44.6 Å². The Morgan fingerprint density at radius 3 is 2.23 bits per heavy atom. The van der Waals surface area contributed by atoms with E-state index in [1.165, 1.54) is 14.2 Å². The van der Waals surface area contributed by atoms with Crippen LogP contribution in [0.15, 0.2) is 97.2 Å². The number of carbonyl (C=O) groups excluding carboxylic acids is 4. The van der Waals surface area contributed by atoms with E-state index in [2.05, 4.69) is 88.2 Å². The molecule has 354 valence electrons. The minimum Gasteiger partial charge on any atom is -0.453 e. The Kier molecular flexibility index (Phi) is 11.8. The van der Waals surface area contributed by atoms with Crippen molar-refractivity contribution in [3.05, 3.63) is 120 Å². The number of alkyl carbamates (subject to hydrolysis) is 2. The van der Waals surface area contributed by atoms with Gasteiger partial charge in [0.15, 0.2) is 0 Å². The average Bonchev–Trinajstić information content (AvgIpc) is 4.26. The molecule has 11 rings (SSSR count). The van der Waals surface area contributed by atoms with Gasteiger partial charge in [-0.25, -0.2) is 19.6 Å². The van der Waals surface area contributed by atoms with Crippen molar-refractivity contribution in [2.75, 3.05) is 34.0 Å². The van der Waals surface area contributed by atoms with Crippen molar-refractivity contribution in [1.82, 2.24) is 40.4 Å². The number of nitrogens with zero attached hydrogens (tertiary/aromatic N) is 4. The van der Waals surface area contributed by atoms with Gasteiger partial charge in [-0.2, -0.15) is 0 Å². The molecular weight excluding hydrogens is 873 g/mol. The van der Waals surface area contributed by atoms with E-state index in [9.17, 15) is 19.2 Å². The lowest BCUT2D eigenvalue weighted by Gasteiger charge is -2.36. The number of amides is 4. The molecule has 7 aromatic rings. The highest BCUT2D eigenvalue weighted by Crippen LogP contribution is 2.51. The molecular formula is C54H56N8O7. The zero-order valence-corrected chi connectivity index (χ0v) is 39.0. The molecule has 6 atom stereocenters. The van der Waals surface area contributed by atoms with Crippen molar-refractivity contribution in [3.63, 3.8) is 0 Å². The lowest BCUT2D eigenvalue weighted by atomic mass is 9.90. The van der Waals surface area contributed by atoms with Gasteiger partial charge in [-0.05, 0) is 126 Å². The lowest BCUT2D eigenvalue weighted by molar-refractivity contribution is -0.138. The largest absolute Gasteiger partial charge is 0.453 e. The Hall–Kier alpha value is -7.26. The van der Waals surface area contributed by atoms with Crippen LogP contribution in [0.1, 0.15) is 85.8 Å². The number of methoxy groups -OCH3 is 2. The standard InChI is InChI=1S/C54H56N8O7/c1-30-24-39-27-36(16-18-41(39)47-44(30)57-49(58-47)43-10-7-21-61(43)51(63)45(59-53(65)67-2)32-19-22-69-23-20-32)33-11-12-35-26-37(14-13-34(35)25-33)42-29-55-50(56-42)48-38-15-17-40(28-38)62(48)52(64)46(60-54(66)68-3)31-8-5-4-6-9-31/h4-6,8-9,11-14,16,18,24-27,29,32,38,40,43,45-46,48H,7,10,15,17,19-23,28H2,1-3H3,(H,55,56)(H,57,58)(H,59,65)(H,60,66)/t38-,40+,43-,45-,46+,48-/m0/s1. The number of likely N-dealkylation sites (tertiary alicyclic amines) is 2. The van der Waals surface area contributed by atoms with Crippen LogP contribution >= 0.6 is 0 Å². The van der Waals surface area contributed by atoms with Crippen LogP contribution in [-0.2, 0) is 23.8 Å². The average molecular weight is 929 g/mol. The fourth-order valence-corrected chi connectivity index (χ4v) is 11.7. The van der Waals surface area contributed by atoms with Crippen LogP contribution in [-0.4, -0.2) is 99.8 Å². The Labute approximate surface area is 399 Å². The van der Waals surface area contributed by atoms with Crippen LogP contribution in [0.3, 0.4) is 0 Å². The van der Waals surface area contributed by atoms with E-state index < -0.39 is 24.3 Å². The number of benzene rings is 5. The second-order valence-electron chi connectivity index (χ2n) is 19.1. The molecule has 4 fully saturated rings. The van der Waals surface area contributed by atoms with Gasteiger partial charge in [0.05, 0.1) is 49.2 Å². The number of ether oxygens (including phenoxy) is 3. The second kappa shape index (κ2) is 18.3. The zero-order chi connectivity index (χ0) is 47.3. The molecule has 0 unspecified atom stereocenters. The van der Waals surface area contributed by atoms with Crippen LogP contribution in [0.25, 0.3) is 55.0 Å². The van der Waals surface area contributed by atoms with Crippen molar-refractivity contribution < 1.29 is 33.4 Å². The fraction of sp³-hybridized carbons (Fsp3) is 0.370. The molecule has 15 heteroatoms. The van der Waals surface area contributed by atoms with Gasteiger partial charge in [0.25, 0.3) is 5.91 Å². The predicted molar refractivity (Wildman–Crippen MR) is 261 cm³/mol. The Morgan fingerprint density at radius 1 is 0.754 bits per heavy atom. The van der Waals surface area contributed by atoms with E-state index in [0.717, 1.165) is 104 Å². The molecule has 15 nitrogen and oxygen atoms in total. The topological polar surface area (TPSA) is 184 Å². The summed E-state index contributed by atoms with van der Waals surface area (Å²) in [7, 11) is 2.62. The first-order chi connectivity index (χ1) is 33.6. The smallest absolute Gasteiger partial charge is 0.407 e. The lowest BCUT2D eigenvalue weighted by Crippen LogP contribution is -2.53. The number of nitrogens with one attached hydrogen (secondary N) is 4. The van der Waals surface area contributed by atoms with Crippen LogP contribution in [0.4, 0.5) is 9.59 Å². The highest BCUT2D eigenvalue weighted by molar-refractivity contribution is 6.07. The number of carbonyl (C=O) groups is 4. The molecule has 2 bridgehead atoms. The summed E-state index contributed by atoms with van der Waals surface area (Å²) < 4.78 is 15.4. The quantitative estimate of drug-likeness (QED) is 0.104. The summed E-state index contributed by atoms with van der Waals surface area (Å²) in [5, 5.41) is 9.97. The summed E-state index contributed by atoms with van der Waals surface area (Å²) >= 11 is 0. The molecule has 3 aliphatic heterocycles. The third kappa shape index (κ3) is 8.21. The van der Waals surface area contributed by atoms with E-state index in [1.807, 2.05) is 46.3 Å². The van der Waals surface area contributed by atoms with E-state index in [4.69, 9.17) is 24.2 Å². The molecule has 0 spiro atoms. The number of aryl methyl sites for hydroxylation is 1. The number of H-pyrrole nitrogens is 2. The van der Waals surface area contributed by atoms with Crippen LogP contribution < -0.4 is 10.6 Å². The minimum absolute atomic E-state index is 0.0383. The fourth-order valence-electron chi connectivity index (χ4n) is 11.7. The van der Waals surface area contributed by atoms with Gasteiger partial charge in [-0.1, -0.05) is 66.7 Å². The molecule has 4 amide bonds. The number of imidazole rings is 2. The van der Waals surface area contributed by atoms with Crippen LogP contribution in [0.5, 0.6) is 0 Å². The first-order valence-electron chi connectivity index (χ1n) is 24.1. The minimum atomic E-state index is -0.880. The van der Waals surface area contributed by atoms with Gasteiger partial charge in [0.1, 0.15) is 23.7 Å². The highest BCUT2D eigenvalue weighted by Gasteiger charge is 2.51. The molecule has 1 aliphatic carbocycles. The highest BCUT2D eigenvalue weighted by atomic mass is 16.5. The van der Waals surface area contributed by atoms with E-state index >= 15 is 0 Å². The van der Waals surface area contributed by atoms with Gasteiger partial charge in [0, 0.05) is 36.8 Å². The van der Waals surface area contributed by atoms with E-state index in [0.29, 0.717) is 38.2 Å². The molecule has 5 heterocycles. The normalized spacial score (nSPS) is 21.2. The van der Waals surface area contributed by atoms with Crippen molar-refractivity contribution >= 4 is 56.6 Å². The van der Waals surface area contributed by atoms with Gasteiger partial charge >= 0.3 is 12.2 Å². The molecule has 4 aliphatic rings. The molecule has 1 saturated carbocycles. The number of fused-ring (bicyclic) bond motifs is 6. The van der Waals surface area contributed by atoms with E-state index in [-0.39, 0.29) is 41.8 Å². The molecule has 69 heavy (non-hydrogen) atoms. The maximum atomic E-state index is 14.4. The molecule has 3 saturated heterocycles. The number of hydrogen-bond acceptors (Lipinski definition) is 9. The zero-order valence-electron chi connectivity index (χ0n) is 39.0. The maximum absolute atomic E-state index is 14.4. The van der Waals surface area contributed by atoms with Gasteiger partial charge in [-0.3, -0.25) is 9.59 Å². The number of aromatic amines is 2. The third-order valence-electron chi connectivity index (χ3n) is 15.1. The van der Waals surface area contributed by atoms with Crippen molar-refractivity contribution in [3.8, 4) is 22.4 Å². The predicted octanol–water partition coefficient (Wildman–Crippen LogP) is 9.20. The summed E-state index contributed by atoms with van der Waals surface area (Å²) in [4.78, 5) is 74.6. The monoisotopic (exact) mass is 928 g/mol. The number of aromatic nitrogens is 4. The molecule has 5 aromatic carbocycles. The van der Waals surface area contributed by atoms with E-state index in [1.54, 1.807) is 0 Å². The van der Waals surface area contributed by atoms with Crippen molar-refractivity contribution in [2.45, 2.75) is 82.1 Å². The maximum Gasteiger partial charge on any atom is 0.407 e. The summed E-state index contributed by atoms with van der Waals surface area (Å²) in [5.41, 5.74) is 7.63. The second-order valence-corrected chi connectivity index (χ2v) is 19.1. The van der Waals surface area contributed by atoms with Crippen LogP contribution in [0, 0.1) is 18.8 Å². The summed E-state index contributed by atoms with van der Waals surface area (Å²) in [6.45, 7) is 3.78. The summed E-state index contributed by atoms with van der Waals surface area (Å²) in [6.07, 6.45) is 6.41. The Morgan fingerprint density at radius 2 is 1.46 bits per heavy atom. The Bertz CT molecular complexity index is 3110. The van der Waals surface area contributed by atoms with Gasteiger partial charge in [-0.15, -0.1) is 0 Å². The first kappa shape index (κ1) is 44.3. The van der Waals surface area contributed by atoms with Crippen molar-refractivity contribution in [2.24, 2.45) is 11.8 Å². The van der Waals surface area contributed by atoms with Crippen LogP contribution in [0.2, 0.25) is 0 Å². The first-order valence-corrected chi connectivity index (χ1v) is 24.1. The number of rotatable bonds is 10. The molecule has 0 radical (unpaired) electrons.